The van der Waals surface area contributed by atoms with E-state index in [4.69, 9.17) is 9.26 Å². The molecule has 0 radical (unpaired) electrons. The lowest BCUT2D eigenvalue weighted by molar-refractivity contribution is 0.0470. The molecule has 24 heavy (non-hydrogen) atoms. The smallest absolute Gasteiger partial charge is 0.339 e. The molecule has 4 rings (SSSR count). The van der Waals surface area contributed by atoms with Crippen LogP contribution in [0.5, 0.6) is 0 Å². The highest BCUT2D eigenvalue weighted by Gasteiger charge is 2.29. The SMILES string of the molecule is CCc1nc(COC(=O)c2cc(C3CC3)nc3onc(C)c23)cs1. The summed E-state index contributed by atoms with van der Waals surface area (Å²) in [6.07, 6.45) is 3.08. The topological polar surface area (TPSA) is 78.1 Å². The van der Waals surface area contributed by atoms with Crippen LogP contribution in [0.4, 0.5) is 0 Å². The molecule has 0 unspecified atom stereocenters. The van der Waals surface area contributed by atoms with Crippen LogP contribution in [0.25, 0.3) is 11.1 Å². The van der Waals surface area contributed by atoms with Gasteiger partial charge in [0.05, 0.1) is 27.3 Å². The molecule has 0 amide bonds. The number of esters is 1. The van der Waals surface area contributed by atoms with E-state index in [1.54, 1.807) is 18.3 Å². The first-order valence-corrected chi connectivity index (χ1v) is 8.91. The maximum Gasteiger partial charge on any atom is 0.339 e. The lowest BCUT2D eigenvalue weighted by Crippen LogP contribution is -2.08. The molecule has 0 aromatic carbocycles. The van der Waals surface area contributed by atoms with Crippen molar-refractivity contribution < 1.29 is 14.1 Å². The molecule has 0 N–H and O–H groups in total. The Bertz CT molecular complexity index is 911. The third-order valence-corrected chi connectivity index (χ3v) is 5.15. The number of fused-ring (bicyclic) bond motifs is 1. The number of nitrogens with zero attached hydrogens (tertiary/aromatic N) is 3. The summed E-state index contributed by atoms with van der Waals surface area (Å²) in [7, 11) is 0. The van der Waals surface area contributed by atoms with E-state index in [1.165, 1.54) is 0 Å². The van der Waals surface area contributed by atoms with Crippen molar-refractivity contribution in [2.75, 3.05) is 0 Å². The van der Waals surface area contributed by atoms with Crippen LogP contribution in [-0.2, 0) is 17.8 Å². The summed E-state index contributed by atoms with van der Waals surface area (Å²) < 4.78 is 10.7. The predicted octanol–water partition coefficient (Wildman–Crippen LogP) is 3.78. The van der Waals surface area contributed by atoms with Crippen molar-refractivity contribution in [2.24, 2.45) is 0 Å². The zero-order chi connectivity index (χ0) is 16.7. The van der Waals surface area contributed by atoms with Crippen molar-refractivity contribution in [3.63, 3.8) is 0 Å². The Morgan fingerprint density at radius 3 is 2.96 bits per heavy atom. The third-order valence-electron chi connectivity index (χ3n) is 4.11. The summed E-state index contributed by atoms with van der Waals surface area (Å²) in [6, 6.07) is 1.82. The number of carbonyl (C=O) groups is 1. The van der Waals surface area contributed by atoms with E-state index in [-0.39, 0.29) is 12.6 Å². The number of rotatable bonds is 5. The van der Waals surface area contributed by atoms with Gasteiger partial charge in [-0.1, -0.05) is 12.1 Å². The van der Waals surface area contributed by atoms with Gasteiger partial charge in [0, 0.05) is 17.0 Å². The fraction of sp³-hybridized carbons (Fsp3) is 0.412. The molecule has 6 nitrogen and oxygen atoms in total. The van der Waals surface area contributed by atoms with Crippen LogP contribution in [0.15, 0.2) is 16.0 Å². The van der Waals surface area contributed by atoms with Crippen molar-refractivity contribution >= 4 is 28.4 Å². The standard InChI is InChI=1S/C17H17N3O3S/c1-3-14-18-11(8-24-14)7-22-17(21)12-6-13(10-4-5-10)19-16-15(12)9(2)20-23-16/h6,8,10H,3-5,7H2,1-2H3. The molecule has 3 aromatic heterocycles. The number of ether oxygens (including phenoxy) is 1. The molecule has 0 spiro atoms. The third kappa shape index (κ3) is 2.80. The van der Waals surface area contributed by atoms with Crippen molar-refractivity contribution in [3.8, 4) is 0 Å². The summed E-state index contributed by atoms with van der Waals surface area (Å²) in [6.45, 7) is 4.02. The van der Waals surface area contributed by atoms with Gasteiger partial charge < -0.3 is 9.26 Å². The normalized spacial score (nSPS) is 14.2. The van der Waals surface area contributed by atoms with Gasteiger partial charge in [-0.15, -0.1) is 11.3 Å². The molecule has 0 bridgehead atoms. The largest absolute Gasteiger partial charge is 0.456 e. The molecule has 0 atom stereocenters. The molecular weight excluding hydrogens is 326 g/mol. The fourth-order valence-electron chi connectivity index (χ4n) is 2.66. The molecule has 124 valence electrons. The summed E-state index contributed by atoms with van der Waals surface area (Å²) in [5, 5.41) is 7.54. The number of hydrogen-bond acceptors (Lipinski definition) is 7. The molecule has 7 heteroatoms. The van der Waals surface area contributed by atoms with Crippen LogP contribution in [-0.4, -0.2) is 21.1 Å². The molecule has 1 fully saturated rings. The number of thiazole rings is 1. The van der Waals surface area contributed by atoms with Gasteiger partial charge in [0.1, 0.15) is 6.61 Å². The first kappa shape index (κ1) is 15.3. The summed E-state index contributed by atoms with van der Waals surface area (Å²) in [5.41, 5.74) is 3.19. The summed E-state index contributed by atoms with van der Waals surface area (Å²) in [4.78, 5) is 21.5. The van der Waals surface area contributed by atoms with Crippen LogP contribution < -0.4 is 0 Å². The van der Waals surface area contributed by atoms with Crippen LogP contribution in [0, 0.1) is 6.92 Å². The zero-order valence-corrected chi connectivity index (χ0v) is 14.4. The highest BCUT2D eigenvalue weighted by Crippen LogP contribution is 2.40. The highest BCUT2D eigenvalue weighted by atomic mass is 32.1. The van der Waals surface area contributed by atoms with E-state index in [2.05, 4.69) is 22.0 Å². The maximum atomic E-state index is 12.6. The van der Waals surface area contributed by atoms with E-state index in [0.717, 1.165) is 35.7 Å². The van der Waals surface area contributed by atoms with Crippen LogP contribution in [0.1, 0.15) is 58.1 Å². The molecule has 0 saturated heterocycles. The first-order valence-electron chi connectivity index (χ1n) is 8.03. The monoisotopic (exact) mass is 343 g/mol. The second kappa shape index (κ2) is 5.98. The molecule has 1 aliphatic carbocycles. The minimum atomic E-state index is -0.387. The Morgan fingerprint density at radius 2 is 2.25 bits per heavy atom. The van der Waals surface area contributed by atoms with Crippen molar-refractivity contribution in [3.05, 3.63) is 39.1 Å². The highest BCUT2D eigenvalue weighted by molar-refractivity contribution is 7.09. The molecule has 3 heterocycles. The van der Waals surface area contributed by atoms with Crippen molar-refractivity contribution in [1.82, 2.24) is 15.1 Å². The minimum Gasteiger partial charge on any atom is -0.456 e. The molecular formula is C17H17N3O3S. The van der Waals surface area contributed by atoms with E-state index >= 15 is 0 Å². The lowest BCUT2D eigenvalue weighted by Gasteiger charge is -2.06. The maximum absolute atomic E-state index is 12.6. The van der Waals surface area contributed by atoms with Gasteiger partial charge in [0.2, 0.25) is 0 Å². The van der Waals surface area contributed by atoms with E-state index in [0.29, 0.717) is 28.3 Å². The van der Waals surface area contributed by atoms with Gasteiger partial charge in [-0.3, -0.25) is 0 Å². The van der Waals surface area contributed by atoms with Gasteiger partial charge in [0.25, 0.3) is 5.71 Å². The quantitative estimate of drug-likeness (QED) is 0.656. The lowest BCUT2D eigenvalue weighted by atomic mass is 10.1. The van der Waals surface area contributed by atoms with Crippen LogP contribution in [0.2, 0.25) is 0 Å². The minimum absolute atomic E-state index is 0.169. The fourth-order valence-corrected chi connectivity index (χ4v) is 3.39. The molecule has 1 aliphatic rings. The average Bonchev–Trinajstić information content (AvgIpc) is 3.24. The number of aryl methyl sites for hydroxylation is 2. The Labute approximate surface area is 142 Å². The molecule has 3 aromatic rings. The zero-order valence-electron chi connectivity index (χ0n) is 13.5. The van der Waals surface area contributed by atoms with E-state index in [9.17, 15) is 4.79 Å². The van der Waals surface area contributed by atoms with Crippen molar-refractivity contribution in [1.29, 1.82) is 0 Å². The molecule has 1 saturated carbocycles. The second-order valence-corrected chi connectivity index (χ2v) is 6.92. The van der Waals surface area contributed by atoms with Gasteiger partial charge >= 0.3 is 5.97 Å². The number of aromatic nitrogens is 3. The summed E-state index contributed by atoms with van der Waals surface area (Å²) in [5.74, 6) is 0.0265. The van der Waals surface area contributed by atoms with Gasteiger partial charge in [-0.2, -0.15) is 0 Å². The average molecular weight is 343 g/mol. The van der Waals surface area contributed by atoms with Crippen molar-refractivity contribution in [2.45, 2.75) is 45.6 Å². The van der Waals surface area contributed by atoms with E-state index in [1.807, 2.05) is 11.4 Å². The van der Waals surface area contributed by atoms with Crippen LogP contribution >= 0.6 is 11.3 Å². The van der Waals surface area contributed by atoms with E-state index < -0.39 is 0 Å². The Kier molecular flexibility index (Phi) is 3.80. The molecule has 0 aliphatic heterocycles. The second-order valence-electron chi connectivity index (χ2n) is 5.98. The Hall–Kier alpha value is -2.28. The Morgan fingerprint density at radius 1 is 1.42 bits per heavy atom. The first-order chi connectivity index (χ1) is 11.7. The van der Waals surface area contributed by atoms with Gasteiger partial charge in [0.15, 0.2) is 0 Å². The summed E-state index contributed by atoms with van der Waals surface area (Å²) >= 11 is 1.58. The van der Waals surface area contributed by atoms with Crippen LogP contribution in [0.3, 0.4) is 0 Å². The predicted molar refractivity (Wildman–Crippen MR) is 89.1 cm³/mol. The number of hydrogen-bond donors (Lipinski definition) is 0. The number of carbonyl (C=O) groups excluding carboxylic acids is 1. The Balaban J connectivity index is 1.61. The van der Waals surface area contributed by atoms with Gasteiger partial charge in [-0.25, -0.2) is 14.8 Å². The number of pyridine rings is 1. The van der Waals surface area contributed by atoms with Gasteiger partial charge in [-0.05, 0) is 32.3 Å².